The molecule has 0 aliphatic rings. The van der Waals surface area contributed by atoms with E-state index in [0.717, 1.165) is 0 Å². The second kappa shape index (κ2) is 8.02. The van der Waals surface area contributed by atoms with Crippen molar-refractivity contribution >= 4 is 11.8 Å². The first-order chi connectivity index (χ1) is 9.99. The zero-order valence-electron chi connectivity index (χ0n) is 12.5. The van der Waals surface area contributed by atoms with Gasteiger partial charge in [0.15, 0.2) is 0 Å². The summed E-state index contributed by atoms with van der Waals surface area (Å²) in [6.45, 7) is 2.35. The summed E-state index contributed by atoms with van der Waals surface area (Å²) in [7, 11) is 3.23. The number of rotatable bonds is 4. The van der Waals surface area contributed by atoms with Gasteiger partial charge in [-0.2, -0.15) is 0 Å². The average molecular weight is 288 g/mol. The SMILES string of the molecule is CNC(=O)C(C)CN(C)C(=O)c1cncc(C#CCN)c1. The van der Waals surface area contributed by atoms with Crippen LogP contribution in [-0.2, 0) is 4.79 Å². The molecule has 0 aliphatic heterocycles. The predicted molar refractivity (Wildman–Crippen MR) is 80.4 cm³/mol. The second-order valence-electron chi connectivity index (χ2n) is 4.67. The molecular formula is C15H20N4O2. The fraction of sp³-hybridized carbons (Fsp3) is 0.400. The third-order valence-electron chi connectivity index (χ3n) is 2.91. The summed E-state index contributed by atoms with van der Waals surface area (Å²) >= 11 is 0. The van der Waals surface area contributed by atoms with Gasteiger partial charge in [-0.1, -0.05) is 18.8 Å². The molecule has 3 N–H and O–H groups in total. The van der Waals surface area contributed by atoms with E-state index in [2.05, 4.69) is 22.1 Å². The van der Waals surface area contributed by atoms with Crippen LogP contribution in [0.1, 0.15) is 22.8 Å². The van der Waals surface area contributed by atoms with Crippen molar-refractivity contribution < 1.29 is 9.59 Å². The van der Waals surface area contributed by atoms with Gasteiger partial charge in [-0.15, -0.1) is 0 Å². The minimum absolute atomic E-state index is 0.102. The third-order valence-corrected chi connectivity index (χ3v) is 2.91. The molecule has 0 aliphatic carbocycles. The van der Waals surface area contributed by atoms with Crippen molar-refractivity contribution in [3.63, 3.8) is 0 Å². The summed E-state index contributed by atoms with van der Waals surface area (Å²) in [6.07, 6.45) is 3.06. The zero-order valence-corrected chi connectivity index (χ0v) is 12.5. The zero-order chi connectivity index (χ0) is 15.8. The number of aromatic nitrogens is 1. The van der Waals surface area contributed by atoms with E-state index in [1.807, 2.05) is 0 Å². The van der Waals surface area contributed by atoms with E-state index in [9.17, 15) is 9.59 Å². The molecule has 1 rings (SSSR count). The quantitative estimate of drug-likeness (QED) is 0.754. The minimum atomic E-state index is -0.280. The summed E-state index contributed by atoms with van der Waals surface area (Å²) < 4.78 is 0. The van der Waals surface area contributed by atoms with E-state index in [1.165, 1.54) is 11.1 Å². The lowest BCUT2D eigenvalue weighted by atomic mass is 10.1. The molecule has 0 spiro atoms. The van der Waals surface area contributed by atoms with Crippen LogP contribution in [0.4, 0.5) is 0 Å². The van der Waals surface area contributed by atoms with E-state index in [-0.39, 0.29) is 24.3 Å². The Labute approximate surface area is 124 Å². The summed E-state index contributed by atoms with van der Waals surface area (Å²) in [4.78, 5) is 29.3. The van der Waals surface area contributed by atoms with Gasteiger partial charge in [-0.3, -0.25) is 14.6 Å². The van der Waals surface area contributed by atoms with Gasteiger partial charge in [-0.25, -0.2) is 0 Å². The lowest BCUT2D eigenvalue weighted by Gasteiger charge is -2.20. The first-order valence-electron chi connectivity index (χ1n) is 6.60. The molecule has 6 heteroatoms. The molecule has 1 aromatic heterocycles. The van der Waals surface area contributed by atoms with Crippen LogP contribution in [0.25, 0.3) is 0 Å². The van der Waals surface area contributed by atoms with Crippen molar-refractivity contribution in [3.8, 4) is 11.8 Å². The van der Waals surface area contributed by atoms with Gasteiger partial charge in [0.05, 0.1) is 18.0 Å². The van der Waals surface area contributed by atoms with Gasteiger partial charge in [0.2, 0.25) is 5.91 Å². The van der Waals surface area contributed by atoms with Gasteiger partial charge < -0.3 is 16.0 Å². The highest BCUT2D eigenvalue weighted by molar-refractivity contribution is 5.94. The number of carbonyl (C=O) groups is 2. The van der Waals surface area contributed by atoms with Crippen LogP contribution in [0.5, 0.6) is 0 Å². The van der Waals surface area contributed by atoms with Crippen molar-refractivity contribution in [2.24, 2.45) is 11.7 Å². The fourth-order valence-electron chi connectivity index (χ4n) is 1.82. The molecule has 0 fully saturated rings. The van der Waals surface area contributed by atoms with E-state index in [0.29, 0.717) is 17.7 Å². The van der Waals surface area contributed by atoms with Crippen molar-refractivity contribution in [1.29, 1.82) is 0 Å². The molecule has 0 radical (unpaired) electrons. The highest BCUT2D eigenvalue weighted by Gasteiger charge is 2.18. The van der Waals surface area contributed by atoms with Gasteiger partial charge >= 0.3 is 0 Å². The Hall–Kier alpha value is -2.39. The minimum Gasteiger partial charge on any atom is -0.359 e. The van der Waals surface area contributed by atoms with Crippen LogP contribution < -0.4 is 11.1 Å². The number of hydrogen-bond donors (Lipinski definition) is 2. The van der Waals surface area contributed by atoms with Crippen molar-refractivity contribution in [3.05, 3.63) is 29.6 Å². The summed E-state index contributed by atoms with van der Waals surface area (Å²) in [5, 5.41) is 2.56. The molecule has 112 valence electrons. The Morgan fingerprint density at radius 1 is 1.48 bits per heavy atom. The number of nitrogens with two attached hydrogens (primary N) is 1. The molecule has 0 aromatic carbocycles. The largest absolute Gasteiger partial charge is 0.359 e. The Morgan fingerprint density at radius 2 is 2.19 bits per heavy atom. The molecule has 2 amide bonds. The van der Waals surface area contributed by atoms with Gasteiger partial charge in [0, 0.05) is 38.6 Å². The number of nitrogens with zero attached hydrogens (tertiary/aromatic N) is 2. The topological polar surface area (TPSA) is 88.3 Å². The standard InChI is InChI=1S/C15H20N4O2/c1-11(14(20)17-2)10-19(3)15(21)13-7-12(5-4-6-16)8-18-9-13/h7-9,11H,6,10,16H2,1-3H3,(H,17,20). The molecular weight excluding hydrogens is 268 g/mol. The van der Waals surface area contributed by atoms with Crippen LogP contribution >= 0.6 is 0 Å². The lowest BCUT2D eigenvalue weighted by molar-refractivity contribution is -0.124. The van der Waals surface area contributed by atoms with E-state index >= 15 is 0 Å². The predicted octanol–water partition coefficient (Wildman–Crippen LogP) is -0.154. The number of amides is 2. The first-order valence-corrected chi connectivity index (χ1v) is 6.60. The van der Waals surface area contributed by atoms with Crippen LogP contribution in [0.3, 0.4) is 0 Å². The monoisotopic (exact) mass is 288 g/mol. The Morgan fingerprint density at radius 3 is 2.81 bits per heavy atom. The Kier molecular flexibility index (Phi) is 6.37. The summed E-state index contributed by atoms with van der Waals surface area (Å²) in [5.74, 6) is 4.97. The van der Waals surface area contributed by atoms with Crippen LogP contribution in [-0.4, -0.2) is 48.9 Å². The number of pyridine rings is 1. The maximum absolute atomic E-state index is 12.3. The van der Waals surface area contributed by atoms with E-state index < -0.39 is 0 Å². The third kappa shape index (κ3) is 4.89. The molecule has 21 heavy (non-hydrogen) atoms. The fourth-order valence-corrected chi connectivity index (χ4v) is 1.82. The highest BCUT2D eigenvalue weighted by Crippen LogP contribution is 2.07. The van der Waals surface area contributed by atoms with Gasteiger partial charge in [0.25, 0.3) is 5.91 Å². The molecule has 0 saturated carbocycles. The van der Waals surface area contributed by atoms with Crippen molar-refractivity contribution in [1.82, 2.24) is 15.2 Å². The summed E-state index contributed by atoms with van der Waals surface area (Å²) in [5.41, 5.74) is 6.39. The molecule has 0 saturated heterocycles. The molecule has 1 aromatic rings. The number of hydrogen-bond acceptors (Lipinski definition) is 4. The smallest absolute Gasteiger partial charge is 0.255 e. The van der Waals surface area contributed by atoms with Crippen LogP contribution in [0.15, 0.2) is 18.5 Å². The van der Waals surface area contributed by atoms with Crippen molar-refractivity contribution in [2.75, 3.05) is 27.2 Å². The first kappa shape index (κ1) is 16.7. The molecule has 0 bridgehead atoms. The molecule has 6 nitrogen and oxygen atoms in total. The van der Waals surface area contributed by atoms with Gasteiger partial charge in [0.1, 0.15) is 0 Å². The second-order valence-corrected chi connectivity index (χ2v) is 4.67. The molecule has 1 unspecified atom stereocenters. The molecule has 1 heterocycles. The lowest BCUT2D eigenvalue weighted by Crippen LogP contribution is -2.37. The Balaban J connectivity index is 2.80. The number of nitrogens with one attached hydrogen (secondary N) is 1. The van der Waals surface area contributed by atoms with Gasteiger partial charge in [-0.05, 0) is 6.07 Å². The maximum Gasteiger partial charge on any atom is 0.255 e. The number of carbonyl (C=O) groups excluding carboxylic acids is 2. The Bertz CT molecular complexity index is 575. The van der Waals surface area contributed by atoms with Crippen LogP contribution in [0, 0.1) is 17.8 Å². The normalized spacial score (nSPS) is 11.0. The molecule has 1 atom stereocenters. The van der Waals surface area contributed by atoms with Crippen LogP contribution in [0.2, 0.25) is 0 Å². The van der Waals surface area contributed by atoms with Crippen molar-refractivity contribution in [2.45, 2.75) is 6.92 Å². The van der Waals surface area contributed by atoms with E-state index in [1.54, 1.807) is 33.3 Å². The highest BCUT2D eigenvalue weighted by atomic mass is 16.2. The maximum atomic E-state index is 12.3. The van der Waals surface area contributed by atoms with E-state index in [4.69, 9.17) is 5.73 Å². The average Bonchev–Trinajstić information content (AvgIpc) is 2.51. The summed E-state index contributed by atoms with van der Waals surface area (Å²) in [6, 6.07) is 1.67.